The van der Waals surface area contributed by atoms with Crippen molar-refractivity contribution in [3.8, 4) is 0 Å². The summed E-state index contributed by atoms with van der Waals surface area (Å²) in [7, 11) is 0. The average Bonchev–Trinajstić information content (AvgIpc) is 2.03. The van der Waals surface area contributed by atoms with E-state index in [4.69, 9.17) is 16.7 Å². The van der Waals surface area contributed by atoms with Crippen LogP contribution in [0.15, 0.2) is 30.3 Å². The summed E-state index contributed by atoms with van der Waals surface area (Å²) in [5.41, 5.74) is 1.41. The van der Waals surface area contributed by atoms with E-state index in [1.165, 1.54) is 0 Å². The van der Waals surface area contributed by atoms with Crippen molar-refractivity contribution in [1.82, 2.24) is 0 Å². The van der Waals surface area contributed by atoms with Crippen LogP contribution in [-0.4, -0.2) is 11.1 Å². The molecule has 2 nitrogen and oxygen atoms in total. The van der Waals surface area contributed by atoms with Crippen molar-refractivity contribution in [2.45, 2.75) is 6.92 Å². The zero-order valence-corrected chi connectivity index (χ0v) is 7.88. The highest BCUT2D eigenvalue weighted by Gasteiger charge is 2.01. The summed E-state index contributed by atoms with van der Waals surface area (Å²) in [6.07, 6.45) is 1.14. The van der Waals surface area contributed by atoms with E-state index in [0.29, 0.717) is 10.6 Å². The van der Waals surface area contributed by atoms with Crippen molar-refractivity contribution in [3.63, 3.8) is 0 Å². The molecule has 0 saturated heterocycles. The maximum Gasteiger partial charge on any atom is 0.328 e. The van der Waals surface area contributed by atoms with Crippen molar-refractivity contribution < 1.29 is 9.90 Å². The molecule has 0 unspecified atom stereocenters. The SMILES string of the molecule is CC(=CC(=O)O)c1ccccc1Cl. The second-order valence-electron chi connectivity index (χ2n) is 2.65. The second kappa shape index (κ2) is 4.10. The number of carbonyl (C=O) groups is 1. The van der Waals surface area contributed by atoms with E-state index in [1.54, 1.807) is 25.1 Å². The van der Waals surface area contributed by atoms with Crippen molar-refractivity contribution in [2.24, 2.45) is 0 Å². The maximum atomic E-state index is 10.4. The smallest absolute Gasteiger partial charge is 0.328 e. The second-order valence-corrected chi connectivity index (χ2v) is 3.05. The summed E-state index contributed by atoms with van der Waals surface area (Å²) in [5, 5.41) is 9.08. The third kappa shape index (κ3) is 2.60. The zero-order chi connectivity index (χ0) is 9.84. The van der Waals surface area contributed by atoms with E-state index in [2.05, 4.69) is 0 Å². The maximum absolute atomic E-state index is 10.4. The van der Waals surface area contributed by atoms with Crippen LogP contribution in [0.25, 0.3) is 5.57 Å². The van der Waals surface area contributed by atoms with Gasteiger partial charge in [-0.25, -0.2) is 4.79 Å². The number of rotatable bonds is 2. The molecule has 0 spiro atoms. The molecule has 0 aliphatic carbocycles. The molecule has 13 heavy (non-hydrogen) atoms. The molecule has 3 heteroatoms. The highest BCUT2D eigenvalue weighted by Crippen LogP contribution is 2.22. The molecule has 1 aromatic carbocycles. The van der Waals surface area contributed by atoms with Gasteiger partial charge in [0.15, 0.2) is 0 Å². The number of allylic oxidation sites excluding steroid dienone is 1. The monoisotopic (exact) mass is 196 g/mol. The van der Waals surface area contributed by atoms with Gasteiger partial charge in [-0.05, 0) is 24.1 Å². The minimum Gasteiger partial charge on any atom is -0.478 e. The molecule has 0 saturated carbocycles. The fourth-order valence-corrected chi connectivity index (χ4v) is 1.33. The Hall–Kier alpha value is -1.28. The molecular weight excluding hydrogens is 188 g/mol. The van der Waals surface area contributed by atoms with E-state index in [9.17, 15) is 4.79 Å². The molecule has 0 aromatic heterocycles. The van der Waals surface area contributed by atoms with Gasteiger partial charge in [0.05, 0.1) is 0 Å². The molecule has 0 fully saturated rings. The van der Waals surface area contributed by atoms with Gasteiger partial charge >= 0.3 is 5.97 Å². The van der Waals surface area contributed by atoms with Crippen LogP contribution in [0, 0.1) is 0 Å². The zero-order valence-electron chi connectivity index (χ0n) is 7.12. The van der Waals surface area contributed by atoms with Gasteiger partial charge < -0.3 is 5.11 Å². The fourth-order valence-electron chi connectivity index (χ4n) is 1.04. The molecule has 0 aliphatic rings. The number of carboxylic acid groups (broad SMARTS) is 1. The summed E-state index contributed by atoms with van der Waals surface area (Å²) in [5.74, 6) is -0.961. The largest absolute Gasteiger partial charge is 0.478 e. The Morgan fingerprint density at radius 1 is 1.46 bits per heavy atom. The Balaban J connectivity index is 3.08. The molecule has 68 valence electrons. The molecule has 0 amide bonds. The van der Waals surface area contributed by atoms with E-state index >= 15 is 0 Å². The van der Waals surface area contributed by atoms with Crippen LogP contribution in [0.5, 0.6) is 0 Å². The summed E-state index contributed by atoms with van der Waals surface area (Å²) in [6, 6.07) is 7.15. The number of carboxylic acids is 1. The number of halogens is 1. The van der Waals surface area contributed by atoms with Crippen molar-refractivity contribution in [2.75, 3.05) is 0 Å². The molecule has 0 aliphatic heterocycles. The summed E-state index contributed by atoms with van der Waals surface area (Å²) in [6.45, 7) is 1.72. The Kier molecular flexibility index (Phi) is 3.09. The van der Waals surface area contributed by atoms with Crippen LogP contribution < -0.4 is 0 Å². The number of hydrogen-bond donors (Lipinski definition) is 1. The lowest BCUT2D eigenvalue weighted by atomic mass is 10.1. The number of benzene rings is 1. The van der Waals surface area contributed by atoms with Crippen LogP contribution in [-0.2, 0) is 4.79 Å². The molecule has 0 bridgehead atoms. The van der Waals surface area contributed by atoms with Crippen molar-refractivity contribution in [3.05, 3.63) is 40.9 Å². The quantitative estimate of drug-likeness (QED) is 0.739. The normalized spacial score (nSPS) is 11.4. The van der Waals surface area contributed by atoms with Crippen LogP contribution in [0.1, 0.15) is 12.5 Å². The third-order valence-electron chi connectivity index (χ3n) is 1.64. The van der Waals surface area contributed by atoms with Gasteiger partial charge in [-0.3, -0.25) is 0 Å². The van der Waals surface area contributed by atoms with E-state index in [-0.39, 0.29) is 0 Å². The highest BCUT2D eigenvalue weighted by molar-refractivity contribution is 6.32. The average molecular weight is 197 g/mol. The van der Waals surface area contributed by atoms with Gasteiger partial charge in [-0.1, -0.05) is 29.8 Å². The van der Waals surface area contributed by atoms with Crippen LogP contribution >= 0.6 is 11.6 Å². The van der Waals surface area contributed by atoms with Gasteiger partial charge in [0.1, 0.15) is 0 Å². The molecule has 0 radical (unpaired) electrons. The number of hydrogen-bond acceptors (Lipinski definition) is 1. The first kappa shape index (κ1) is 9.81. The Morgan fingerprint density at radius 3 is 2.62 bits per heavy atom. The lowest BCUT2D eigenvalue weighted by Crippen LogP contribution is -1.90. The lowest BCUT2D eigenvalue weighted by molar-refractivity contribution is -0.131. The summed E-state index contributed by atoms with van der Waals surface area (Å²) in [4.78, 5) is 10.4. The van der Waals surface area contributed by atoms with Gasteiger partial charge in [0, 0.05) is 11.1 Å². The lowest BCUT2D eigenvalue weighted by Gasteiger charge is -2.02. The first-order valence-corrected chi connectivity index (χ1v) is 4.15. The van der Waals surface area contributed by atoms with E-state index in [1.807, 2.05) is 6.07 Å². The van der Waals surface area contributed by atoms with E-state index in [0.717, 1.165) is 11.6 Å². The minimum atomic E-state index is -0.961. The van der Waals surface area contributed by atoms with Crippen molar-refractivity contribution in [1.29, 1.82) is 0 Å². The molecule has 0 heterocycles. The Bertz CT molecular complexity index is 356. The van der Waals surface area contributed by atoms with E-state index < -0.39 is 5.97 Å². The van der Waals surface area contributed by atoms with Crippen LogP contribution in [0.2, 0.25) is 5.02 Å². The van der Waals surface area contributed by atoms with Gasteiger partial charge in [-0.15, -0.1) is 0 Å². The fraction of sp³-hybridized carbons (Fsp3) is 0.100. The number of aliphatic carboxylic acids is 1. The van der Waals surface area contributed by atoms with Crippen molar-refractivity contribution >= 4 is 23.1 Å². The standard InChI is InChI=1S/C10H9ClO2/c1-7(6-10(12)13)8-4-2-3-5-9(8)11/h2-6H,1H3,(H,12,13). The first-order chi connectivity index (χ1) is 6.11. The predicted molar refractivity (Wildman–Crippen MR) is 52.7 cm³/mol. The third-order valence-corrected chi connectivity index (χ3v) is 1.97. The highest BCUT2D eigenvalue weighted by atomic mass is 35.5. The molecular formula is C10H9ClO2. The topological polar surface area (TPSA) is 37.3 Å². The first-order valence-electron chi connectivity index (χ1n) is 3.77. The van der Waals surface area contributed by atoms with Crippen LogP contribution in [0.3, 0.4) is 0 Å². The molecule has 0 atom stereocenters. The Labute approximate surface area is 81.5 Å². The Morgan fingerprint density at radius 2 is 2.08 bits per heavy atom. The van der Waals surface area contributed by atoms with Gasteiger partial charge in [-0.2, -0.15) is 0 Å². The summed E-state index contributed by atoms with van der Waals surface area (Å²) >= 11 is 5.87. The predicted octanol–water partition coefficient (Wildman–Crippen LogP) is 2.83. The van der Waals surface area contributed by atoms with Crippen LogP contribution in [0.4, 0.5) is 0 Å². The molecule has 1 aromatic rings. The van der Waals surface area contributed by atoms with Gasteiger partial charge in [0.2, 0.25) is 0 Å². The van der Waals surface area contributed by atoms with Gasteiger partial charge in [0.25, 0.3) is 0 Å². The summed E-state index contributed by atoms with van der Waals surface area (Å²) < 4.78 is 0. The minimum absolute atomic E-state index is 0.567. The molecule has 1 rings (SSSR count). The molecule has 1 N–H and O–H groups in total.